The zero-order chi connectivity index (χ0) is 26.3. The molecule has 1 spiro atoms. The Bertz CT molecular complexity index is 1590. The lowest BCUT2D eigenvalue weighted by Gasteiger charge is -2.37. The molecule has 5 rings (SSSR count). The molecule has 1 atom stereocenters. The molecule has 9 nitrogen and oxygen atoms in total. The van der Waals surface area contributed by atoms with E-state index in [1.807, 2.05) is 19.1 Å². The summed E-state index contributed by atoms with van der Waals surface area (Å²) in [6.07, 6.45) is 4.48. The number of hydrogen-bond acceptors (Lipinski definition) is 9. The molecule has 0 N–H and O–H groups in total. The van der Waals surface area contributed by atoms with Gasteiger partial charge in [0, 0.05) is 28.3 Å². The smallest absolute Gasteiger partial charge is 0.351 e. The molecule has 3 heterocycles. The Morgan fingerprint density at radius 3 is 2.59 bits per heavy atom. The molecule has 0 saturated heterocycles. The molecule has 0 saturated carbocycles. The Kier molecular flexibility index (Phi) is 5.91. The third-order valence-corrected chi connectivity index (χ3v) is 6.33. The summed E-state index contributed by atoms with van der Waals surface area (Å²) < 4.78 is 27.8. The summed E-state index contributed by atoms with van der Waals surface area (Å²) in [6.45, 7) is 5.64. The highest BCUT2D eigenvalue weighted by molar-refractivity contribution is 5.98. The van der Waals surface area contributed by atoms with Crippen molar-refractivity contribution in [3.8, 4) is 17.2 Å². The Morgan fingerprint density at radius 1 is 1.08 bits per heavy atom. The quantitative estimate of drug-likeness (QED) is 0.269. The minimum atomic E-state index is -1.40. The Labute approximate surface area is 210 Å². The van der Waals surface area contributed by atoms with E-state index in [1.54, 1.807) is 38.1 Å². The van der Waals surface area contributed by atoms with E-state index < -0.39 is 23.2 Å². The number of hydrogen-bond donors (Lipinski definition) is 0. The maximum Gasteiger partial charge on any atom is 0.351 e. The maximum atomic E-state index is 13.0. The van der Waals surface area contributed by atoms with Gasteiger partial charge in [-0.1, -0.05) is 19.1 Å². The van der Waals surface area contributed by atoms with Gasteiger partial charge in [-0.3, -0.25) is 4.79 Å². The average Bonchev–Trinajstić information content (AvgIpc) is 3.12. The Hall–Kier alpha value is -4.66. The van der Waals surface area contributed by atoms with E-state index in [0.717, 1.165) is 6.42 Å². The van der Waals surface area contributed by atoms with Crippen LogP contribution in [0.15, 0.2) is 68.9 Å². The topological polar surface area (TPSA) is 118 Å². The van der Waals surface area contributed by atoms with Crippen molar-refractivity contribution < 1.29 is 37.7 Å². The molecule has 3 aromatic rings. The van der Waals surface area contributed by atoms with Crippen molar-refractivity contribution in [1.82, 2.24) is 0 Å². The van der Waals surface area contributed by atoms with Crippen LogP contribution in [0.5, 0.6) is 17.2 Å². The van der Waals surface area contributed by atoms with Gasteiger partial charge >= 0.3 is 17.6 Å². The number of carbonyl (C=O) groups excluding carboxylic acids is 3. The highest BCUT2D eigenvalue weighted by atomic mass is 16.6. The van der Waals surface area contributed by atoms with Crippen LogP contribution in [0, 0.1) is 0 Å². The van der Waals surface area contributed by atoms with Crippen molar-refractivity contribution in [2.45, 2.75) is 32.8 Å². The van der Waals surface area contributed by atoms with E-state index in [1.165, 1.54) is 12.1 Å². The van der Waals surface area contributed by atoms with Crippen LogP contribution in [-0.4, -0.2) is 25.0 Å². The van der Waals surface area contributed by atoms with Gasteiger partial charge < -0.3 is 23.4 Å². The van der Waals surface area contributed by atoms with Crippen LogP contribution in [0.1, 0.15) is 48.7 Å². The van der Waals surface area contributed by atoms with Crippen LogP contribution in [-0.2, 0) is 24.7 Å². The maximum absolute atomic E-state index is 13.0. The van der Waals surface area contributed by atoms with Crippen molar-refractivity contribution in [2.24, 2.45) is 0 Å². The van der Waals surface area contributed by atoms with Crippen LogP contribution >= 0.6 is 0 Å². The molecule has 37 heavy (non-hydrogen) atoms. The van der Waals surface area contributed by atoms with E-state index in [-0.39, 0.29) is 35.0 Å². The predicted molar refractivity (Wildman–Crippen MR) is 131 cm³/mol. The third kappa shape index (κ3) is 3.62. The number of rotatable bonds is 6. The molecule has 0 aliphatic carbocycles. The highest BCUT2D eigenvalue weighted by Gasteiger charge is 2.53. The zero-order valence-electron chi connectivity index (χ0n) is 20.3. The van der Waals surface area contributed by atoms with Crippen LogP contribution in [0.4, 0.5) is 0 Å². The molecule has 1 unspecified atom stereocenters. The second-order valence-electron chi connectivity index (χ2n) is 8.42. The molecule has 1 aromatic heterocycles. The van der Waals surface area contributed by atoms with Crippen molar-refractivity contribution in [1.29, 1.82) is 0 Å². The molecule has 2 aliphatic rings. The van der Waals surface area contributed by atoms with E-state index in [4.69, 9.17) is 23.4 Å². The van der Waals surface area contributed by atoms with Gasteiger partial charge in [-0.05, 0) is 50.6 Å². The van der Waals surface area contributed by atoms with E-state index in [2.05, 4.69) is 0 Å². The van der Waals surface area contributed by atoms with Gasteiger partial charge in [0.2, 0.25) is 0 Å². The first kappa shape index (κ1) is 24.1. The van der Waals surface area contributed by atoms with Crippen molar-refractivity contribution in [3.05, 3.63) is 86.8 Å². The number of fused-ring (bicyclic) bond motifs is 6. The molecule has 188 valence electrons. The molecule has 0 bridgehead atoms. The van der Waals surface area contributed by atoms with E-state index in [9.17, 15) is 19.2 Å². The average molecular weight is 502 g/mol. The molecular weight excluding hydrogens is 480 g/mol. The van der Waals surface area contributed by atoms with Crippen LogP contribution < -0.4 is 15.1 Å². The third-order valence-electron chi connectivity index (χ3n) is 6.33. The summed E-state index contributed by atoms with van der Waals surface area (Å²) in [4.78, 5) is 48.9. The van der Waals surface area contributed by atoms with Crippen LogP contribution in [0.2, 0.25) is 0 Å². The van der Waals surface area contributed by atoms with Gasteiger partial charge in [0.05, 0.1) is 12.0 Å². The van der Waals surface area contributed by atoms with Gasteiger partial charge in [0.15, 0.2) is 5.60 Å². The monoisotopic (exact) mass is 502 g/mol. The number of carbonyl (C=O) groups is 3. The largest absolute Gasteiger partial charge is 0.462 e. The molecule has 0 radical (unpaired) electrons. The van der Waals surface area contributed by atoms with Crippen molar-refractivity contribution in [2.75, 3.05) is 6.61 Å². The number of allylic oxidation sites excluding steroid dienone is 1. The van der Waals surface area contributed by atoms with Gasteiger partial charge in [0.1, 0.15) is 28.4 Å². The minimum absolute atomic E-state index is 0.0723. The van der Waals surface area contributed by atoms with Crippen molar-refractivity contribution >= 4 is 29.4 Å². The summed E-state index contributed by atoms with van der Waals surface area (Å²) >= 11 is 0. The van der Waals surface area contributed by atoms with E-state index >= 15 is 0 Å². The van der Waals surface area contributed by atoms with Gasteiger partial charge in [0.25, 0.3) is 6.47 Å². The van der Waals surface area contributed by atoms with Gasteiger partial charge in [-0.15, -0.1) is 0 Å². The summed E-state index contributed by atoms with van der Waals surface area (Å²) in [5.74, 6) is -0.657. The van der Waals surface area contributed by atoms with E-state index in [0.29, 0.717) is 34.1 Å². The molecule has 2 aromatic carbocycles. The Morgan fingerprint density at radius 2 is 1.86 bits per heavy atom. The fourth-order valence-corrected chi connectivity index (χ4v) is 4.69. The standard InChI is InChI=1S/C28H22O9/c1-4-6-7-19-15(3)25(30)37-28(19)20-9-8-16(34-14-29)12-23(20)35-24-17-13-18(26(31)33-5-2)27(32)36-22(17)11-10-21(24)28/h6-14H,4-5H2,1-3H3/b7-6-. The van der Waals surface area contributed by atoms with Crippen LogP contribution in [0.25, 0.3) is 11.0 Å². The van der Waals surface area contributed by atoms with Crippen LogP contribution in [0.3, 0.4) is 0 Å². The van der Waals surface area contributed by atoms with Gasteiger partial charge in [-0.25, -0.2) is 14.4 Å². The van der Waals surface area contributed by atoms with Crippen molar-refractivity contribution in [3.63, 3.8) is 0 Å². The zero-order valence-corrected chi connectivity index (χ0v) is 20.3. The molecule has 0 fully saturated rings. The first-order chi connectivity index (χ1) is 17.8. The summed E-state index contributed by atoms with van der Waals surface area (Å²) in [6, 6.07) is 9.31. The highest BCUT2D eigenvalue weighted by Crippen LogP contribution is 2.58. The summed E-state index contributed by atoms with van der Waals surface area (Å²) in [7, 11) is 0. The fraction of sp³-hybridized carbons (Fsp3) is 0.214. The second-order valence-corrected chi connectivity index (χ2v) is 8.42. The SMILES string of the molecule is CC/C=C\C1=C(C)C(=O)OC12c1ccc(OC=O)cc1Oc1c2ccc2oc(=O)c(C(=O)OCC)cc12. The number of ether oxygens (including phenoxy) is 4. The molecule has 2 aliphatic heterocycles. The van der Waals surface area contributed by atoms with Gasteiger partial charge in [-0.2, -0.15) is 0 Å². The predicted octanol–water partition coefficient (Wildman–Crippen LogP) is 4.69. The first-order valence-electron chi connectivity index (χ1n) is 11.7. The normalized spacial score (nSPS) is 18.0. The number of benzene rings is 2. The summed E-state index contributed by atoms with van der Waals surface area (Å²) in [5, 5.41) is 0.298. The second kappa shape index (κ2) is 9.09. The minimum Gasteiger partial charge on any atom is -0.462 e. The molecule has 9 heteroatoms. The number of esters is 2. The summed E-state index contributed by atoms with van der Waals surface area (Å²) in [5.41, 5.74) is -0.378. The lowest BCUT2D eigenvalue weighted by Crippen LogP contribution is -2.34. The molecule has 0 amide bonds. The lowest BCUT2D eigenvalue weighted by atomic mass is 9.76. The Balaban J connectivity index is 1.86. The lowest BCUT2D eigenvalue weighted by molar-refractivity contribution is -0.145. The molecular formula is C28H22O9. The fourth-order valence-electron chi connectivity index (χ4n) is 4.69. The first-order valence-corrected chi connectivity index (χ1v) is 11.7.